The zero-order valence-corrected chi connectivity index (χ0v) is 11.9. The van der Waals surface area contributed by atoms with Crippen LogP contribution in [-0.2, 0) is 14.6 Å². The molecule has 1 aromatic carbocycles. The van der Waals surface area contributed by atoms with Crippen molar-refractivity contribution in [1.82, 2.24) is 0 Å². The molecule has 0 aromatic heterocycles. The van der Waals surface area contributed by atoms with Crippen LogP contribution in [0.25, 0.3) is 0 Å². The van der Waals surface area contributed by atoms with E-state index in [9.17, 15) is 8.42 Å². The van der Waals surface area contributed by atoms with Gasteiger partial charge in [-0.25, -0.2) is 8.42 Å². The van der Waals surface area contributed by atoms with Crippen LogP contribution in [-0.4, -0.2) is 46.5 Å². The van der Waals surface area contributed by atoms with Crippen LogP contribution in [0.4, 0.5) is 5.69 Å². The van der Waals surface area contributed by atoms with Crippen LogP contribution in [0.2, 0.25) is 0 Å². The second-order valence-corrected chi connectivity index (χ2v) is 7.06. The molecule has 0 saturated carbocycles. The fourth-order valence-corrected chi connectivity index (χ4v) is 4.07. The van der Waals surface area contributed by atoms with Gasteiger partial charge in [-0.15, -0.1) is 0 Å². The van der Waals surface area contributed by atoms with Gasteiger partial charge in [-0.3, -0.25) is 0 Å². The van der Waals surface area contributed by atoms with Crippen molar-refractivity contribution in [3.05, 3.63) is 24.3 Å². The minimum Gasteiger partial charge on any atom is -0.399 e. The average molecular weight is 285 g/mol. The summed E-state index contributed by atoms with van der Waals surface area (Å²) in [5, 5.41) is 0. The van der Waals surface area contributed by atoms with Crippen molar-refractivity contribution in [1.29, 1.82) is 0 Å². The Hall–Kier alpha value is -1.11. The molecule has 2 rings (SSSR count). The van der Waals surface area contributed by atoms with E-state index in [0.29, 0.717) is 23.8 Å². The molecular formula is C13H21N2O3S+. The van der Waals surface area contributed by atoms with Gasteiger partial charge in [-0.1, -0.05) is 6.07 Å². The quantitative estimate of drug-likeness (QED) is 0.721. The number of anilines is 1. The number of nitrogens with two attached hydrogens (primary N) is 1. The molecule has 6 heteroatoms. The highest BCUT2D eigenvalue weighted by Gasteiger charge is 2.27. The maximum atomic E-state index is 12.3. The Kier molecular flexibility index (Phi) is 4.44. The van der Waals surface area contributed by atoms with E-state index in [-0.39, 0.29) is 11.8 Å². The average Bonchev–Trinajstić information content (AvgIpc) is 2.39. The van der Waals surface area contributed by atoms with Gasteiger partial charge in [0.05, 0.1) is 24.2 Å². The van der Waals surface area contributed by atoms with Crippen molar-refractivity contribution in [2.75, 3.05) is 37.8 Å². The molecule has 0 amide bonds. The van der Waals surface area contributed by atoms with Gasteiger partial charge in [0, 0.05) is 5.69 Å². The highest BCUT2D eigenvalue weighted by molar-refractivity contribution is 7.91. The summed E-state index contributed by atoms with van der Waals surface area (Å²) in [7, 11) is -3.27. The van der Waals surface area contributed by atoms with E-state index in [4.69, 9.17) is 10.5 Å². The Labute approximate surface area is 114 Å². The van der Waals surface area contributed by atoms with Gasteiger partial charge in [0.2, 0.25) is 0 Å². The van der Waals surface area contributed by atoms with Crippen LogP contribution >= 0.6 is 0 Å². The van der Waals surface area contributed by atoms with Gasteiger partial charge in [0.25, 0.3) is 0 Å². The number of nitrogens with one attached hydrogen (secondary N) is 1. The number of morpholine rings is 1. The third-order valence-electron chi connectivity index (χ3n) is 3.52. The number of nitrogen functional groups attached to an aromatic ring is 1. The Morgan fingerprint density at radius 3 is 2.68 bits per heavy atom. The molecular weight excluding hydrogens is 264 g/mol. The number of quaternary nitrogens is 1. The second-order valence-electron chi connectivity index (χ2n) is 5.03. The lowest BCUT2D eigenvalue weighted by Gasteiger charge is -2.29. The van der Waals surface area contributed by atoms with Crippen LogP contribution < -0.4 is 10.6 Å². The van der Waals surface area contributed by atoms with E-state index in [1.165, 1.54) is 11.0 Å². The molecule has 0 aliphatic carbocycles. The Bertz CT molecular complexity index is 524. The van der Waals surface area contributed by atoms with Gasteiger partial charge < -0.3 is 15.4 Å². The van der Waals surface area contributed by atoms with Crippen LogP contribution in [0.5, 0.6) is 0 Å². The van der Waals surface area contributed by atoms with Crippen molar-refractivity contribution in [2.45, 2.75) is 17.9 Å². The van der Waals surface area contributed by atoms with Gasteiger partial charge in [-0.2, -0.15) is 0 Å². The minimum absolute atomic E-state index is 0.0651. The van der Waals surface area contributed by atoms with E-state index in [2.05, 4.69) is 0 Å². The van der Waals surface area contributed by atoms with Crippen molar-refractivity contribution >= 4 is 15.5 Å². The van der Waals surface area contributed by atoms with Gasteiger partial charge >= 0.3 is 0 Å². The summed E-state index contributed by atoms with van der Waals surface area (Å²) >= 11 is 0. The molecule has 106 valence electrons. The summed E-state index contributed by atoms with van der Waals surface area (Å²) < 4.78 is 30.0. The summed E-state index contributed by atoms with van der Waals surface area (Å²) in [5.74, 6) is 0.145. The van der Waals surface area contributed by atoms with Crippen LogP contribution in [0.15, 0.2) is 29.2 Å². The molecule has 1 aromatic rings. The molecule has 19 heavy (non-hydrogen) atoms. The number of hydrogen-bond donors (Lipinski definition) is 2. The molecule has 1 fully saturated rings. The molecule has 3 N–H and O–H groups in total. The topological polar surface area (TPSA) is 73.8 Å². The first-order valence-corrected chi connectivity index (χ1v) is 8.15. The fraction of sp³-hybridized carbons (Fsp3) is 0.538. The first-order valence-electron chi connectivity index (χ1n) is 6.49. The van der Waals surface area contributed by atoms with E-state index in [1.807, 2.05) is 6.92 Å². The third kappa shape index (κ3) is 3.68. The van der Waals surface area contributed by atoms with Crippen molar-refractivity contribution < 1.29 is 18.1 Å². The largest absolute Gasteiger partial charge is 0.399 e. The van der Waals surface area contributed by atoms with E-state index < -0.39 is 9.84 Å². The normalized spacial score (nSPS) is 19.2. The van der Waals surface area contributed by atoms with Gasteiger partial charge in [-0.05, 0) is 25.1 Å². The molecule has 1 unspecified atom stereocenters. The molecule has 0 spiro atoms. The lowest BCUT2D eigenvalue weighted by Crippen LogP contribution is -3.17. The zero-order chi connectivity index (χ0) is 13.9. The predicted molar refractivity (Wildman–Crippen MR) is 73.9 cm³/mol. The summed E-state index contributed by atoms with van der Waals surface area (Å²) in [6, 6.07) is 6.56. The number of sulfone groups is 1. The number of hydrogen-bond acceptors (Lipinski definition) is 4. The SMILES string of the molecule is CC(CS(=O)(=O)c1cccc(N)c1)[NH+]1CCOCC1. The lowest BCUT2D eigenvalue weighted by molar-refractivity contribution is -0.928. The van der Waals surface area contributed by atoms with Crippen molar-refractivity contribution in [3.8, 4) is 0 Å². The highest BCUT2D eigenvalue weighted by atomic mass is 32.2. The molecule has 0 bridgehead atoms. The minimum atomic E-state index is -3.27. The van der Waals surface area contributed by atoms with Crippen LogP contribution in [0.1, 0.15) is 6.92 Å². The summed E-state index contributed by atoms with van der Waals surface area (Å²) in [4.78, 5) is 1.60. The molecule has 1 aliphatic heterocycles. The Morgan fingerprint density at radius 2 is 2.05 bits per heavy atom. The Balaban J connectivity index is 2.08. The predicted octanol–water partition coefficient (Wildman–Crippen LogP) is -0.654. The van der Waals surface area contributed by atoms with Gasteiger partial charge in [0.1, 0.15) is 18.8 Å². The monoisotopic (exact) mass is 285 g/mol. The highest BCUT2D eigenvalue weighted by Crippen LogP contribution is 2.14. The molecule has 0 radical (unpaired) electrons. The number of rotatable bonds is 4. The maximum Gasteiger partial charge on any atom is 0.184 e. The first-order chi connectivity index (χ1) is 8.99. The molecule has 1 heterocycles. The fourth-order valence-electron chi connectivity index (χ4n) is 2.38. The van der Waals surface area contributed by atoms with Crippen molar-refractivity contribution in [2.24, 2.45) is 0 Å². The first kappa shape index (κ1) is 14.3. The van der Waals surface area contributed by atoms with E-state index in [1.54, 1.807) is 18.2 Å². The van der Waals surface area contributed by atoms with Crippen LogP contribution in [0.3, 0.4) is 0 Å². The van der Waals surface area contributed by atoms with Crippen LogP contribution in [0, 0.1) is 0 Å². The van der Waals surface area contributed by atoms with Gasteiger partial charge in [0.15, 0.2) is 9.84 Å². The summed E-state index contributed by atoms with van der Waals surface area (Å²) in [6.45, 7) is 5.13. The smallest absolute Gasteiger partial charge is 0.184 e. The molecule has 5 nitrogen and oxygen atoms in total. The van der Waals surface area contributed by atoms with E-state index in [0.717, 1.165) is 13.1 Å². The molecule has 1 atom stereocenters. The maximum absolute atomic E-state index is 12.3. The Morgan fingerprint density at radius 1 is 1.37 bits per heavy atom. The second kappa shape index (κ2) is 5.90. The van der Waals surface area contributed by atoms with Crippen molar-refractivity contribution in [3.63, 3.8) is 0 Å². The summed E-state index contributed by atoms with van der Waals surface area (Å²) in [5.41, 5.74) is 6.12. The third-order valence-corrected chi connectivity index (χ3v) is 5.43. The van der Waals surface area contributed by atoms with E-state index >= 15 is 0 Å². The molecule has 1 saturated heterocycles. The number of benzene rings is 1. The lowest BCUT2D eigenvalue weighted by atomic mass is 10.3. The standard InChI is InChI=1S/C13H20N2O3S/c1-11(15-5-7-18-8-6-15)10-19(16,17)13-4-2-3-12(14)9-13/h2-4,9,11H,5-8,10,14H2,1H3/p+1. The molecule has 1 aliphatic rings. The summed E-state index contributed by atoms with van der Waals surface area (Å²) in [6.07, 6.45) is 0. The zero-order valence-electron chi connectivity index (χ0n) is 11.1. The number of ether oxygens (including phenoxy) is 1.